The van der Waals surface area contributed by atoms with E-state index < -0.39 is 0 Å². The molecule has 0 amide bonds. The third kappa shape index (κ3) is 5.36. The zero-order chi connectivity index (χ0) is 22.4. The molecule has 1 aliphatic heterocycles. The first kappa shape index (κ1) is 22.6. The van der Waals surface area contributed by atoms with Gasteiger partial charge in [-0.3, -0.25) is 19.9 Å². The first-order chi connectivity index (χ1) is 15.0. The molecule has 168 valence electrons. The largest absolute Gasteiger partial charge is 0.493 e. The summed E-state index contributed by atoms with van der Waals surface area (Å²) in [4.78, 5) is 15.8. The fourth-order valence-electron chi connectivity index (χ4n) is 3.79. The number of rotatable bonds is 9. The van der Waals surface area contributed by atoms with Crippen LogP contribution >= 0.6 is 0 Å². The number of nitro groups is 1. The van der Waals surface area contributed by atoms with E-state index in [9.17, 15) is 10.1 Å². The number of hydrogen-bond donors (Lipinski definition) is 0. The standard InChI is InChI=1S/C22H29N3O6/c1-28-19-6-5-16(11-20(19)29-2)14-23-7-9-24(10-8-23)15-17-12-21(30-3)22(31-4)13-18(17)25(26)27/h5-6,11-13H,7-10,14-15H2,1-4H3. The van der Waals surface area contributed by atoms with E-state index in [1.807, 2.05) is 18.2 Å². The summed E-state index contributed by atoms with van der Waals surface area (Å²) in [6.07, 6.45) is 0. The van der Waals surface area contributed by atoms with Gasteiger partial charge in [0.05, 0.1) is 39.4 Å². The smallest absolute Gasteiger partial charge is 0.277 e. The number of piperazine rings is 1. The summed E-state index contributed by atoms with van der Waals surface area (Å²) in [6.45, 7) is 4.67. The SMILES string of the molecule is COc1ccc(CN2CCN(Cc3cc(OC)c(OC)cc3[N+](=O)[O-])CC2)cc1OC. The number of benzene rings is 2. The van der Waals surface area contributed by atoms with Crippen molar-refractivity contribution in [2.45, 2.75) is 13.1 Å². The minimum atomic E-state index is -0.370. The van der Waals surface area contributed by atoms with Crippen LogP contribution in [0.4, 0.5) is 5.69 Å². The molecule has 3 rings (SSSR count). The first-order valence-corrected chi connectivity index (χ1v) is 10.0. The summed E-state index contributed by atoms with van der Waals surface area (Å²) >= 11 is 0. The number of hydrogen-bond acceptors (Lipinski definition) is 8. The van der Waals surface area contributed by atoms with E-state index in [0.29, 0.717) is 29.4 Å². The van der Waals surface area contributed by atoms with Crippen LogP contribution in [-0.4, -0.2) is 69.3 Å². The molecule has 0 radical (unpaired) electrons. The van der Waals surface area contributed by atoms with Gasteiger partial charge >= 0.3 is 0 Å². The highest BCUT2D eigenvalue weighted by Crippen LogP contribution is 2.35. The van der Waals surface area contributed by atoms with Gasteiger partial charge in [-0.25, -0.2) is 0 Å². The maximum Gasteiger partial charge on any atom is 0.277 e. The molecule has 2 aromatic carbocycles. The minimum Gasteiger partial charge on any atom is -0.493 e. The molecule has 9 heteroatoms. The lowest BCUT2D eigenvalue weighted by molar-refractivity contribution is -0.385. The summed E-state index contributed by atoms with van der Waals surface area (Å²) in [5.41, 5.74) is 1.82. The second kappa shape index (κ2) is 10.3. The lowest BCUT2D eigenvalue weighted by Crippen LogP contribution is -2.45. The average Bonchev–Trinajstić information content (AvgIpc) is 2.79. The van der Waals surface area contributed by atoms with Crippen LogP contribution in [0.5, 0.6) is 23.0 Å². The average molecular weight is 431 g/mol. The van der Waals surface area contributed by atoms with Crippen LogP contribution in [0.25, 0.3) is 0 Å². The van der Waals surface area contributed by atoms with Crippen molar-refractivity contribution >= 4 is 5.69 Å². The van der Waals surface area contributed by atoms with Gasteiger partial charge in [0.1, 0.15) is 0 Å². The van der Waals surface area contributed by atoms with Crippen molar-refractivity contribution in [3.05, 3.63) is 51.6 Å². The molecule has 0 bridgehead atoms. The molecule has 0 aliphatic carbocycles. The Balaban J connectivity index is 1.63. The van der Waals surface area contributed by atoms with Gasteiger partial charge in [0.2, 0.25) is 0 Å². The lowest BCUT2D eigenvalue weighted by Gasteiger charge is -2.34. The van der Waals surface area contributed by atoms with Gasteiger partial charge in [0, 0.05) is 44.8 Å². The van der Waals surface area contributed by atoms with Crippen LogP contribution in [0.2, 0.25) is 0 Å². The molecule has 2 aromatic rings. The van der Waals surface area contributed by atoms with E-state index in [4.69, 9.17) is 18.9 Å². The monoisotopic (exact) mass is 431 g/mol. The number of methoxy groups -OCH3 is 4. The summed E-state index contributed by atoms with van der Waals surface area (Å²) in [7, 11) is 6.26. The highest BCUT2D eigenvalue weighted by Gasteiger charge is 2.24. The minimum absolute atomic E-state index is 0.0467. The predicted octanol–water partition coefficient (Wildman–Crippen LogP) is 2.95. The highest BCUT2D eigenvalue weighted by atomic mass is 16.6. The van der Waals surface area contributed by atoms with Crippen molar-refractivity contribution in [3.63, 3.8) is 0 Å². The van der Waals surface area contributed by atoms with E-state index in [1.54, 1.807) is 20.3 Å². The van der Waals surface area contributed by atoms with Crippen LogP contribution in [-0.2, 0) is 13.1 Å². The first-order valence-electron chi connectivity index (χ1n) is 10.0. The van der Waals surface area contributed by atoms with Crippen LogP contribution < -0.4 is 18.9 Å². The van der Waals surface area contributed by atoms with Gasteiger partial charge in [-0.2, -0.15) is 0 Å². The number of nitrogens with zero attached hydrogens (tertiary/aromatic N) is 3. The van der Waals surface area contributed by atoms with Crippen LogP contribution in [0.3, 0.4) is 0 Å². The van der Waals surface area contributed by atoms with Crippen LogP contribution in [0.15, 0.2) is 30.3 Å². The topological polar surface area (TPSA) is 86.5 Å². The Bertz CT molecular complexity index is 912. The summed E-state index contributed by atoms with van der Waals surface area (Å²) in [6, 6.07) is 9.09. The van der Waals surface area contributed by atoms with E-state index >= 15 is 0 Å². The zero-order valence-corrected chi connectivity index (χ0v) is 18.4. The lowest BCUT2D eigenvalue weighted by atomic mass is 10.1. The van der Waals surface area contributed by atoms with Gasteiger partial charge in [-0.1, -0.05) is 6.07 Å². The molecule has 1 heterocycles. The molecule has 1 fully saturated rings. The van der Waals surface area contributed by atoms with Crippen molar-refractivity contribution in [2.24, 2.45) is 0 Å². The van der Waals surface area contributed by atoms with Gasteiger partial charge in [-0.15, -0.1) is 0 Å². The molecule has 0 spiro atoms. The summed E-state index contributed by atoms with van der Waals surface area (Å²) in [5.74, 6) is 2.29. The molecule has 31 heavy (non-hydrogen) atoms. The van der Waals surface area contributed by atoms with Gasteiger partial charge in [-0.05, 0) is 23.8 Å². The zero-order valence-electron chi connectivity index (χ0n) is 18.4. The van der Waals surface area contributed by atoms with Crippen molar-refractivity contribution in [2.75, 3.05) is 54.6 Å². The Morgan fingerprint density at radius 2 is 1.29 bits per heavy atom. The second-order valence-corrected chi connectivity index (χ2v) is 7.33. The molecule has 0 saturated carbocycles. The molecule has 0 aromatic heterocycles. The van der Waals surface area contributed by atoms with E-state index in [0.717, 1.165) is 44.0 Å². The van der Waals surface area contributed by atoms with Gasteiger partial charge in [0.15, 0.2) is 23.0 Å². The summed E-state index contributed by atoms with van der Waals surface area (Å²) in [5, 5.41) is 11.5. The molecule has 0 unspecified atom stereocenters. The fraction of sp³-hybridized carbons (Fsp3) is 0.455. The Hall–Kier alpha value is -3.04. The Morgan fingerprint density at radius 1 is 0.774 bits per heavy atom. The maximum absolute atomic E-state index is 11.5. The quantitative estimate of drug-likeness (QED) is 0.443. The maximum atomic E-state index is 11.5. The van der Waals surface area contributed by atoms with Crippen molar-refractivity contribution in [1.82, 2.24) is 9.80 Å². The Morgan fingerprint density at radius 3 is 1.84 bits per heavy atom. The molecule has 1 saturated heterocycles. The molecule has 1 aliphatic rings. The molecule has 9 nitrogen and oxygen atoms in total. The summed E-state index contributed by atoms with van der Waals surface area (Å²) < 4.78 is 21.2. The molecule has 0 N–H and O–H groups in total. The molecular weight excluding hydrogens is 402 g/mol. The van der Waals surface area contributed by atoms with Crippen molar-refractivity contribution < 1.29 is 23.9 Å². The van der Waals surface area contributed by atoms with Crippen LogP contribution in [0.1, 0.15) is 11.1 Å². The van der Waals surface area contributed by atoms with Gasteiger partial charge < -0.3 is 18.9 Å². The number of ether oxygens (including phenoxy) is 4. The second-order valence-electron chi connectivity index (χ2n) is 7.33. The highest BCUT2D eigenvalue weighted by molar-refractivity contribution is 5.54. The molecular formula is C22H29N3O6. The normalized spacial score (nSPS) is 14.8. The fourth-order valence-corrected chi connectivity index (χ4v) is 3.79. The van der Waals surface area contributed by atoms with Crippen molar-refractivity contribution in [3.8, 4) is 23.0 Å². The van der Waals surface area contributed by atoms with Gasteiger partial charge in [0.25, 0.3) is 5.69 Å². The Labute approximate surface area is 182 Å². The van der Waals surface area contributed by atoms with E-state index in [2.05, 4.69) is 9.80 Å². The van der Waals surface area contributed by atoms with E-state index in [1.165, 1.54) is 20.3 Å². The number of nitro benzene ring substituents is 1. The Kier molecular flexibility index (Phi) is 7.54. The van der Waals surface area contributed by atoms with Crippen molar-refractivity contribution in [1.29, 1.82) is 0 Å². The third-order valence-corrected chi connectivity index (χ3v) is 5.49. The van der Waals surface area contributed by atoms with E-state index in [-0.39, 0.29) is 10.6 Å². The molecule has 0 atom stereocenters. The third-order valence-electron chi connectivity index (χ3n) is 5.49. The van der Waals surface area contributed by atoms with Crippen LogP contribution in [0, 0.1) is 10.1 Å². The predicted molar refractivity (Wildman–Crippen MR) is 116 cm³/mol.